The predicted molar refractivity (Wildman–Crippen MR) is 340 cm³/mol. The molecular formula is C66H128O17P2. The third-order valence-corrected chi connectivity index (χ3v) is 17.0. The molecule has 0 bridgehead atoms. The van der Waals surface area contributed by atoms with E-state index in [0.717, 1.165) is 102 Å². The standard InChI is InChI=1S/C66H128O17P2/c1-56(2)42-34-26-18-15-13-11-9-10-12-14-16-20-30-38-46-63(68)76-52-62(83-66(71)49-41-33-25-23-29-37-45-59(7)8)55-81-85(74,75)79-51-60(67)50-78-84(72,73)80-54-61(53-77-64(69)47-39-31-24-22-28-36-44-58(5)6)82-65(70)48-40-32-21-17-19-27-35-43-57(3)4/h56-62,67H,9-55H2,1-8H3,(H,72,73)(H,74,75)/t60-,61+,62+/m0/s1. The maximum atomic E-state index is 13.0. The van der Waals surface area contributed by atoms with Crippen LogP contribution in [0.4, 0.5) is 0 Å². The van der Waals surface area contributed by atoms with Crippen LogP contribution < -0.4 is 0 Å². The lowest BCUT2D eigenvalue weighted by molar-refractivity contribution is -0.161. The van der Waals surface area contributed by atoms with Gasteiger partial charge < -0.3 is 33.8 Å². The van der Waals surface area contributed by atoms with E-state index in [2.05, 4.69) is 55.4 Å². The molecule has 0 aliphatic heterocycles. The van der Waals surface area contributed by atoms with Gasteiger partial charge in [0.2, 0.25) is 0 Å². The van der Waals surface area contributed by atoms with Crippen LogP contribution in [-0.4, -0.2) is 96.7 Å². The molecule has 0 amide bonds. The van der Waals surface area contributed by atoms with E-state index in [9.17, 15) is 43.2 Å². The van der Waals surface area contributed by atoms with Gasteiger partial charge in [0.05, 0.1) is 26.4 Å². The van der Waals surface area contributed by atoms with E-state index in [1.165, 1.54) is 116 Å². The van der Waals surface area contributed by atoms with Crippen molar-refractivity contribution >= 4 is 39.5 Å². The lowest BCUT2D eigenvalue weighted by Gasteiger charge is -2.21. The summed E-state index contributed by atoms with van der Waals surface area (Å²) in [4.78, 5) is 72.2. The summed E-state index contributed by atoms with van der Waals surface area (Å²) >= 11 is 0. The van der Waals surface area contributed by atoms with E-state index in [1.54, 1.807) is 0 Å². The molecule has 0 fully saturated rings. The van der Waals surface area contributed by atoms with Crippen LogP contribution in [-0.2, 0) is 65.4 Å². The SMILES string of the molecule is CC(C)CCCCCCCCCCCCCCCCC(=O)OC[C@H](COP(=O)(O)OC[C@@H](O)COP(=O)(O)OC[C@@H](COC(=O)CCCCCCCCC(C)C)OC(=O)CCCCCCCCCC(C)C)OC(=O)CCCCCCCCC(C)C. The molecule has 2 unspecified atom stereocenters. The molecule has 0 aliphatic rings. The highest BCUT2D eigenvalue weighted by atomic mass is 31.2. The quantitative estimate of drug-likeness (QED) is 0.0222. The fourth-order valence-electron chi connectivity index (χ4n) is 9.78. The highest BCUT2D eigenvalue weighted by molar-refractivity contribution is 7.47. The van der Waals surface area contributed by atoms with Gasteiger partial charge in [-0.2, -0.15) is 0 Å². The van der Waals surface area contributed by atoms with E-state index in [4.69, 9.17) is 37.0 Å². The Morgan fingerprint density at radius 1 is 0.294 bits per heavy atom. The van der Waals surface area contributed by atoms with E-state index in [-0.39, 0.29) is 25.7 Å². The lowest BCUT2D eigenvalue weighted by atomic mass is 10.0. The smallest absolute Gasteiger partial charge is 0.462 e. The third kappa shape index (κ3) is 60.7. The molecule has 5 atom stereocenters. The molecule has 0 spiro atoms. The lowest BCUT2D eigenvalue weighted by Crippen LogP contribution is -2.30. The van der Waals surface area contributed by atoms with E-state index >= 15 is 0 Å². The molecule has 0 aliphatic carbocycles. The summed E-state index contributed by atoms with van der Waals surface area (Å²) in [5.74, 6) is 0.700. The van der Waals surface area contributed by atoms with Crippen LogP contribution in [0, 0.1) is 23.7 Å². The number of hydrogen-bond acceptors (Lipinski definition) is 15. The van der Waals surface area contributed by atoms with Gasteiger partial charge in [0.25, 0.3) is 0 Å². The number of esters is 4. The number of ether oxygens (including phenoxy) is 4. The van der Waals surface area contributed by atoms with Crippen LogP contribution >= 0.6 is 15.6 Å². The Bertz CT molecular complexity index is 1700. The fourth-order valence-corrected chi connectivity index (χ4v) is 11.4. The van der Waals surface area contributed by atoms with Gasteiger partial charge in [0.15, 0.2) is 12.2 Å². The normalized spacial score (nSPS) is 14.4. The molecule has 0 saturated heterocycles. The zero-order valence-corrected chi connectivity index (χ0v) is 57.0. The zero-order valence-electron chi connectivity index (χ0n) is 55.2. The summed E-state index contributed by atoms with van der Waals surface area (Å²) in [6.45, 7) is 13.9. The van der Waals surface area contributed by atoms with E-state index in [1.807, 2.05) is 0 Å². The first kappa shape index (κ1) is 83.1. The van der Waals surface area contributed by atoms with Crippen molar-refractivity contribution in [3.63, 3.8) is 0 Å². The van der Waals surface area contributed by atoms with Gasteiger partial charge >= 0.3 is 39.5 Å². The summed E-state index contributed by atoms with van der Waals surface area (Å²) in [5.41, 5.74) is 0. The Morgan fingerprint density at radius 3 is 0.729 bits per heavy atom. The first-order chi connectivity index (χ1) is 40.6. The maximum Gasteiger partial charge on any atom is 0.472 e. The van der Waals surface area contributed by atoms with Gasteiger partial charge in [-0.15, -0.1) is 0 Å². The Labute approximate surface area is 517 Å². The average molecular weight is 1260 g/mol. The number of phosphoric ester groups is 2. The molecule has 0 rings (SSSR count). The summed E-state index contributed by atoms with van der Waals surface area (Å²) in [5, 5.41) is 10.5. The van der Waals surface area contributed by atoms with Crippen molar-refractivity contribution in [2.24, 2.45) is 23.7 Å². The van der Waals surface area contributed by atoms with Crippen molar-refractivity contribution in [2.45, 2.75) is 337 Å². The van der Waals surface area contributed by atoms with Crippen molar-refractivity contribution in [3.05, 3.63) is 0 Å². The Hall–Kier alpha value is -1.94. The molecule has 0 heterocycles. The van der Waals surface area contributed by atoms with E-state index < -0.39 is 97.5 Å². The average Bonchev–Trinajstić information content (AvgIpc) is 3.53. The van der Waals surface area contributed by atoms with Gasteiger partial charge in [-0.25, -0.2) is 9.13 Å². The van der Waals surface area contributed by atoms with Crippen LogP contribution in [0.3, 0.4) is 0 Å². The zero-order chi connectivity index (χ0) is 63.2. The largest absolute Gasteiger partial charge is 0.472 e. The Kier molecular flexibility index (Phi) is 54.8. The number of carbonyl (C=O) groups excluding carboxylic acids is 4. The molecule has 0 aromatic carbocycles. The molecular weight excluding hydrogens is 1130 g/mol. The van der Waals surface area contributed by atoms with Gasteiger partial charge in [-0.1, -0.05) is 267 Å². The number of rotatable bonds is 63. The van der Waals surface area contributed by atoms with Crippen LogP contribution in [0.15, 0.2) is 0 Å². The van der Waals surface area contributed by atoms with Crippen molar-refractivity contribution in [2.75, 3.05) is 39.6 Å². The molecule has 17 nitrogen and oxygen atoms in total. The second-order valence-electron chi connectivity index (χ2n) is 25.8. The molecule has 3 N–H and O–H groups in total. The number of phosphoric acid groups is 2. The van der Waals surface area contributed by atoms with Crippen LogP contribution in [0.2, 0.25) is 0 Å². The van der Waals surface area contributed by atoms with Crippen molar-refractivity contribution in [1.82, 2.24) is 0 Å². The first-order valence-corrected chi connectivity index (χ1v) is 37.2. The minimum absolute atomic E-state index is 0.102. The van der Waals surface area contributed by atoms with Gasteiger partial charge in [0.1, 0.15) is 19.3 Å². The Balaban J connectivity index is 5.17. The van der Waals surface area contributed by atoms with Crippen molar-refractivity contribution < 1.29 is 80.2 Å². The third-order valence-electron chi connectivity index (χ3n) is 15.1. The minimum Gasteiger partial charge on any atom is -0.462 e. The molecule has 504 valence electrons. The molecule has 0 aromatic rings. The second kappa shape index (κ2) is 56.1. The maximum absolute atomic E-state index is 13.0. The fraction of sp³-hybridized carbons (Fsp3) is 0.939. The summed E-state index contributed by atoms with van der Waals surface area (Å²) in [6, 6.07) is 0. The van der Waals surface area contributed by atoms with E-state index in [0.29, 0.717) is 43.4 Å². The van der Waals surface area contributed by atoms with Gasteiger partial charge in [0, 0.05) is 25.7 Å². The van der Waals surface area contributed by atoms with Crippen LogP contribution in [0.25, 0.3) is 0 Å². The monoisotopic (exact) mass is 1250 g/mol. The van der Waals surface area contributed by atoms with Gasteiger partial charge in [-0.05, 0) is 49.4 Å². The summed E-state index contributed by atoms with van der Waals surface area (Å²) in [7, 11) is -9.89. The minimum atomic E-state index is -4.95. The second-order valence-corrected chi connectivity index (χ2v) is 28.7. The predicted octanol–water partition coefficient (Wildman–Crippen LogP) is 18.1. The van der Waals surface area contributed by atoms with Crippen LogP contribution in [0.1, 0.15) is 319 Å². The van der Waals surface area contributed by atoms with Crippen molar-refractivity contribution in [3.8, 4) is 0 Å². The molecule has 85 heavy (non-hydrogen) atoms. The topological polar surface area (TPSA) is 237 Å². The highest BCUT2D eigenvalue weighted by Crippen LogP contribution is 2.45. The number of carbonyl (C=O) groups is 4. The molecule has 0 aromatic heterocycles. The van der Waals surface area contributed by atoms with Crippen LogP contribution in [0.5, 0.6) is 0 Å². The van der Waals surface area contributed by atoms with Crippen molar-refractivity contribution in [1.29, 1.82) is 0 Å². The summed E-state index contributed by atoms with van der Waals surface area (Å²) < 4.78 is 68.0. The molecule has 19 heteroatoms. The Morgan fingerprint density at radius 2 is 0.494 bits per heavy atom. The number of unbranched alkanes of at least 4 members (excludes halogenated alkanes) is 29. The highest BCUT2D eigenvalue weighted by Gasteiger charge is 2.30. The number of aliphatic hydroxyl groups is 1. The number of hydrogen-bond donors (Lipinski definition) is 3. The molecule has 0 saturated carbocycles. The first-order valence-electron chi connectivity index (χ1n) is 34.2. The van der Waals surface area contributed by atoms with Gasteiger partial charge in [-0.3, -0.25) is 37.3 Å². The molecule has 0 radical (unpaired) electrons. The summed E-state index contributed by atoms with van der Waals surface area (Å²) in [6.07, 6.45) is 36.7. The number of aliphatic hydroxyl groups excluding tert-OH is 1.